The highest BCUT2D eigenvalue weighted by Crippen LogP contribution is 2.50. The van der Waals surface area contributed by atoms with E-state index >= 15 is 0 Å². The van der Waals surface area contributed by atoms with E-state index in [-0.39, 0.29) is 0 Å². The third kappa shape index (κ3) is 5.24. The third-order valence-electron chi connectivity index (χ3n) is 9.75. The van der Waals surface area contributed by atoms with Gasteiger partial charge < -0.3 is 0 Å². The number of rotatable bonds is 8. The van der Waals surface area contributed by atoms with Gasteiger partial charge in [-0.25, -0.2) is 0 Å². The Balaban J connectivity index is 1.13. The van der Waals surface area contributed by atoms with E-state index in [4.69, 9.17) is 0 Å². The van der Waals surface area contributed by atoms with Gasteiger partial charge in [-0.05, 0) is 78.9 Å². The summed E-state index contributed by atoms with van der Waals surface area (Å²) in [7, 11) is -0.432. The lowest BCUT2D eigenvalue weighted by Gasteiger charge is -2.21. The second-order valence-electron chi connectivity index (χ2n) is 12.3. The lowest BCUT2D eigenvalue weighted by atomic mass is 9.91. The number of benzene rings is 6. The van der Waals surface area contributed by atoms with E-state index in [1.807, 2.05) is 0 Å². The van der Waals surface area contributed by atoms with Crippen LogP contribution in [0.15, 0.2) is 158 Å². The first-order valence-corrected chi connectivity index (χ1v) is 18.3. The Hall–Kier alpha value is -4.98. The molecule has 216 valence electrons. The van der Waals surface area contributed by atoms with Crippen molar-refractivity contribution in [3.05, 3.63) is 191 Å². The second-order valence-corrected chi connectivity index (χ2v) is 14.2. The molecule has 2 atom stereocenters. The van der Waals surface area contributed by atoms with Crippen LogP contribution in [0.5, 0.6) is 0 Å². The summed E-state index contributed by atoms with van der Waals surface area (Å²) in [5.41, 5.74) is 16.8. The van der Waals surface area contributed by atoms with Gasteiger partial charge in [-0.3, -0.25) is 0 Å². The molecular weight excluding hydrogens is 557 g/mol. The van der Waals surface area contributed by atoms with Crippen LogP contribution in [-0.4, -0.2) is 9.52 Å². The molecule has 0 saturated heterocycles. The molecule has 0 heterocycles. The molecule has 0 radical (unpaired) electrons. The maximum atomic E-state index is 2.50. The molecule has 0 spiro atoms. The molecule has 0 nitrogen and oxygen atoms in total. The Bertz CT molecular complexity index is 1860. The van der Waals surface area contributed by atoms with Crippen LogP contribution in [0, 0.1) is 0 Å². The van der Waals surface area contributed by atoms with E-state index in [1.54, 1.807) is 0 Å². The fraction of sp³-hybridized carbons (Fsp3) is 0.0909. The summed E-state index contributed by atoms with van der Waals surface area (Å²) in [6.45, 7) is 0. The van der Waals surface area contributed by atoms with Crippen molar-refractivity contribution < 1.29 is 0 Å². The Morgan fingerprint density at radius 2 is 0.711 bits per heavy atom. The fourth-order valence-corrected chi connectivity index (χ4v) is 9.96. The molecule has 0 bridgehead atoms. The average Bonchev–Trinajstić information content (AvgIpc) is 3.68. The van der Waals surface area contributed by atoms with E-state index < -0.39 is 9.52 Å². The van der Waals surface area contributed by atoms with Crippen LogP contribution in [0.1, 0.15) is 45.2 Å². The zero-order valence-corrected chi connectivity index (χ0v) is 26.9. The quantitative estimate of drug-likeness (QED) is 0.154. The maximum absolute atomic E-state index is 2.50. The standard InChI is InChI=1S/C44H36Si/c1-5-15-31(16-6-1)35-23-13-25-37-41(35)27-39(33-19-9-3-10-20-33)43(37)29-45-30-44-38-26-14-24-36(32-17-7-2-8-18-32)42(38)28-40(44)34-21-11-4-12-22-34/h1-28,43-44H,29-30,45H2. The number of allylic oxidation sites excluding steroid dienone is 2. The summed E-state index contributed by atoms with van der Waals surface area (Å²) in [6, 6.07) is 60.4. The molecule has 2 aliphatic carbocycles. The third-order valence-corrected chi connectivity index (χ3v) is 11.7. The van der Waals surface area contributed by atoms with E-state index in [1.165, 1.54) is 78.9 Å². The molecule has 2 unspecified atom stereocenters. The van der Waals surface area contributed by atoms with Crippen LogP contribution in [0.4, 0.5) is 0 Å². The largest absolute Gasteiger partial charge is 0.0622 e. The normalized spacial score (nSPS) is 16.8. The topological polar surface area (TPSA) is 0 Å². The molecule has 0 saturated carbocycles. The second kappa shape index (κ2) is 12.2. The number of fused-ring (bicyclic) bond motifs is 2. The van der Waals surface area contributed by atoms with E-state index in [2.05, 4.69) is 170 Å². The molecular formula is C44H36Si. The van der Waals surface area contributed by atoms with Gasteiger partial charge in [0.1, 0.15) is 0 Å². The maximum Gasteiger partial charge on any atom is 0.0219 e. The first-order chi connectivity index (χ1) is 22.3. The van der Waals surface area contributed by atoms with Crippen molar-refractivity contribution in [2.75, 3.05) is 0 Å². The van der Waals surface area contributed by atoms with Crippen LogP contribution in [-0.2, 0) is 0 Å². The van der Waals surface area contributed by atoms with E-state index in [0.29, 0.717) is 11.8 Å². The summed E-state index contributed by atoms with van der Waals surface area (Å²) in [5.74, 6) is 0.886. The highest BCUT2D eigenvalue weighted by atomic mass is 28.2. The zero-order chi connectivity index (χ0) is 30.0. The Morgan fingerprint density at radius 1 is 0.356 bits per heavy atom. The van der Waals surface area contributed by atoms with Gasteiger partial charge in [0.2, 0.25) is 0 Å². The molecule has 1 heteroatoms. The van der Waals surface area contributed by atoms with Crippen molar-refractivity contribution in [2.45, 2.75) is 23.9 Å². The van der Waals surface area contributed by atoms with Crippen LogP contribution >= 0.6 is 0 Å². The summed E-state index contributed by atoms with van der Waals surface area (Å²) in [6.07, 6.45) is 5.00. The van der Waals surface area contributed by atoms with Crippen LogP contribution < -0.4 is 0 Å². The molecule has 45 heavy (non-hydrogen) atoms. The molecule has 0 N–H and O–H groups in total. The van der Waals surface area contributed by atoms with Gasteiger partial charge in [-0.15, -0.1) is 0 Å². The lowest BCUT2D eigenvalue weighted by molar-refractivity contribution is 0.954. The highest BCUT2D eigenvalue weighted by Gasteiger charge is 2.31. The molecule has 6 aromatic rings. The minimum absolute atomic E-state index is 0.432. The molecule has 8 rings (SSSR count). The van der Waals surface area contributed by atoms with Gasteiger partial charge in [0.05, 0.1) is 0 Å². The predicted molar refractivity (Wildman–Crippen MR) is 196 cm³/mol. The summed E-state index contributed by atoms with van der Waals surface area (Å²) in [4.78, 5) is 0. The highest BCUT2D eigenvalue weighted by molar-refractivity contribution is 6.37. The van der Waals surface area contributed by atoms with Crippen molar-refractivity contribution >= 4 is 32.8 Å². The number of hydrogen-bond donors (Lipinski definition) is 0. The van der Waals surface area contributed by atoms with Crippen molar-refractivity contribution in [1.82, 2.24) is 0 Å². The Morgan fingerprint density at radius 3 is 1.09 bits per heavy atom. The van der Waals surface area contributed by atoms with Crippen molar-refractivity contribution in [1.29, 1.82) is 0 Å². The number of hydrogen-bond acceptors (Lipinski definition) is 0. The Kier molecular flexibility index (Phi) is 7.46. The van der Waals surface area contributed by atoms with Crippen molar-refractivity contribution in [3.8, 4) is 22.3 Å². The molecule has 0 aromatic heterocycles. The summed E-state index contributed by atoms with van der Waals surface area (Å²) >= 11 is 0. The van der Waals surface area contributed by atoms with Crippen LogP contribution in [0.3, 0.4) is 0 Å². The average molecular weight is 593 g/mol. The first kappa shape index (κ1) is 27.6. The molecule has 0 aliphatic heterocycles. The van der Waals surface area contributed by atoms with Crippen molar-refractivity contribution in [2.24, 2.45) is 0 Å². The molecule has 0 fully saturated rings. The minimum atomic E-state index is -0.432. The minimum Gasteiger partial charge on any atom is -0.0622 e. The predicted octanol–water partition coefficient (Wildman–Crippen LogP) is 11.0. The van der Waals surface area contributed by atoms with E-state index in [9.17, 15) is 0 Å². The lowest BCUT2D eigenvalue weighted by Crippen LogP contribution is -2.08. The van der Waals surface area contributed by atoms with Crippen molar-refractivity contribution in [3.63, 3.8) is 0 Å². The van der Waals surface area contributed by atoms with Gasteiger partial charge in [0, 0.05) is 21.4 Å². The first-order valence-electron chi connectivity index (χ1n) is 16.3. The monoisotopic (exact) mass is 592 g/mol. The zero-order valence-electron chi connectivity index (χ0n) is 25.4. The van der Waals surface area contributed by atoms with Gasteiger partial charge in [0.15, 0.2) is 0 Å². The van der Waals surface area contributed by atoms with Gasteiger partial charge in [0.25, 0.3) is 0 Å². The van der Waals surface area contributed by atoms with Crippen LogP contribution in [0.2, 0.25) is 12.1 Å². The van der Waals surface area contributed by atoms with Gasteiger partial charge in [-0.2, -0.15) is 0 Å². The van der Waals surface area contributed by atoms with Gasteiger partial charge in [-0.1, -0.05) is 170 Å². The summed E-state index contributed by atoms with van der Waals surface area (Å²) in [5, 5.41) is 0. The summed E-state index contributed by atoms with van der Waals surface area (Å²) < 4.78 is 0. The molecule has 6 aromatic carbocycles. The Labute approximate surface area is 269 Å². The SMILES string of the molecule is C1=C(c2ccccc2)C(C[SiH2]CC2C(c3ccccc3)=Cc3c(-c4ccccc4)cccc32)c2cccc(-c3ccccc3)c21. The molecule has 0 amide bonds. The van der Waals surface area contributed by atoms with E-state index in [0.717, 1.165) is 0 Å². The van der Waals surface area contributed by atoms with Crippen LogP contribution in [0.25, 0.3) is 45.6 Å². The van der Waals surface area contributed by atoms with Gasteiger partial charge >= 0.3 is 0 Å². The molecule has 2 aliphatic rings. The fourth-order valence-electron chi connectivity index (χ4n) is 7.66. The smallest absolute Gasteiger partial charge is 0.0219 e.